The van der Waals surface area contributed by atoms with Gasteiger partial charge in [0.2, 0.25) is 11.8 Å². The number of carbonyl (C=O) groups is 4. The van der Waals surface area contributed by atoms with E-state index >= 15 is 0 Å². The number of ether oxygens (including phenoxy) is 2. The van der Waals surface area contributed by atoms with E-state index in [-0.39, 0.29) is 12.5 Å². The molecule has 1 fully saturated rings. The zero-order valence-electron chi connectivity index (χ0n) is 10.9. The first-order valence-corrected chi connectivity index (χ1v) is 5.69. The van der Waals surface area contributed by atoms with Crippen molar-refractivity contribution in [2.45, 2.75) is 39.0 Å². The van der Waals surface area contributed by atoms with Gasteiger partial charge in [-0.2, -0.15) is 0 Å². The molecule has 1 aliphatic rings. The molecule has 0 saturated carbocycles. The van der Waals surface area contributed by atoms with Crippen LogP contribution in [0.25, 0.3) is 0 Å². The van der Waals surface area contributed by atoms with Crippen LogP contribution >= 0.6 is 0 Å². The number of cyclic esters (lactones) is 1. The minimum atomic E-state index is -0.984. The van der Waals surface area contributed by atoms with E-state index in [0.29, 0.717) is 0 Å². The fraction of sp³-hybridized carbons (Fsp3) is 0.636. The molecular weight excluding hydrogens is 256 g/mol. The Morgan fingerprint density at radius 3 is 2.21 bits per heavy atom. The second-order valence-corrected chi connectivity index (χ2v) is 4.18. The number of hydrogen-bond donors (Lipinski definition) is 2. The molecule has 0 unspecified atom stereocenters. The summed E-state index contributed by atoms with van der Waals surface area (Å²) in [4.78, 5) is 44.5. The van der Waals surface area contributed by atoms with Gasteiger partial charge in [-0.3, -0.25) is 14.4 Å². The first-order chi connectivity index (χ1) is 8.81. The maximum atomic E-state index is 11.6. The molecule has 0 aromatic rings. The van der Waals surface area contributed by atoms with Crippen molar-refractivity contribution in [3.63, 3.8) is 0 Å². The molecule has 0 bridgehead atoms. The van der Waals surface area contributed by atoms with Gasteiger partial charge in [0.25, 0.3) is 0 Å². The molecule has 0 radical (unpaired) electrons. The van der Waals surface area contributed by atoms with E-state index in [1.165, 1.54) is 20.8 Å². The highest BCUT2D eigenvalue weighted by molar-refractivity contribution is 5.87. The highest BCUT2D eigenvalue weighted by Gasteiger charge is 2.46. The Balaban J connectivity index is 2.79. The van der Waals surface area contributed by atoms with E-state index in [2.05, 4.69) is 10.6 Å². The third-order valence-corrected chi connectivity index (χ3v) is 2.46. The molecule has 1 saturated heterocycles. The second-order valence-electron chi connectivity index (χ2n) is 4.18. The molecule has 8 heteroatoms. The summed E-state index contributed by atoms with van der Waals surface area (Å²) in [6, 6.07) is -1.75. The van der Waals surface area contributed by atoms with Crippen LogP contribution in [0.1, 0.15) is 20.8 Å². The van der Waals surface area contributed by atoms with Gasteiger partial charge in [0.1, 0.15) is 12.6 Å². The van der Waals surface area contributed by atoms with Gasteiger partial charge in [0.15, 0.2) is 12.1 Å². The minimum absolute atomic E-state index is 0.178. The minimum Gasteiger partial charge on any atom is -0.462 e. The van der Waals surface area contributed by atoms with E-state index in [4.69, 9.17) is 9.47 Å². The number of nitrogens with one attached hydrogen (secondary N) is 2. The molecule has 8 nitrogen and oxygen atoms in total. The molecule has 3 atom stereocenters. The highest BCUT2D eigenvalue weighted by atomic mass is 16.6. The van der Waals surface area contributed by atoms with Crippen LogP contribution < -0.4 is 10.6 Å². The molecule has 1 rings (SSSR count). The topological polar surface area (TPSA) is 111 Å². The summed E-state index contributed by atoms with van der Waals surface area (Å²) in [6.45, 7) is 3.56. The van der Waals surface area contributed by atoms with Crippen LogP contribution in [0.3, 0.4) is 0 Å². The fourth-order valence-corrected chi connectivity index (χ4v) is 1.77. The Hall–Kier alpha value is -2.12. The van der Waals surface area contributed by atoms with Crippen molar-refractivity contribution in [1.82, 2.24) is 10.6 Å². The summed E-state index contributed by atoms with van der Waals surface area (Å²) < 4.78 is 9.75. The van der Waals surface area contributed by atoms with Gasteiger partial charge < -0.3 is 20.1 Å². The van der Waals surface area contributed by atoms with Crippen molar-refractivity contribution < 1.29 is 28.7 Å². The average Bonchev–Trinajstić information content (AvgIpc) is 2.53. The molecule has 0 aliphatic carbocycles. The molecule has 0 spiro atoms. The first-order valence-electron chi connectivity index (χ1n) is 5.69. The van der Waals surface area contributed by atoms with Crippen molar-refractivity contribution in [3.8, 4) is 0 Å². The molecule has 106 valence electrons. The van der Waals surface area contributed by atoms with Crippen LogP contribution in [0, 0.1) is 0 Å². The number of hydrogen-bond acceptors (Lipinski definition) is 6. The van der Waals surface area contributed by atoms with Crippen LogP contribution in [0.4, 0.5) is 0 Å². The molecular formula is C11H16N2O6. The van der Waals surface area contributed by atoms with E-state index in [1.807, 2.05) is 0 Å². The van der Waals surface area contributed by atoms with E-state index in [1.54, 1.807) is 0 Å². The lowest BCUT2D eigenvalue weighted by molar-refractivity contribution is -0.152. The van der Waals surface area contributed by atoms with Gasteiger partial charge in [-0.05, 0) is 0 Å². The normalized spacial score (nSPS) is 25.4. The lowest BCUT2D eigenvalue weighted by atomic mass is 10.1. The zero-order valence-corrected chi connectivity index (χ0v) is 10.9. The average molecular weight is 272 g/mol. The largest absolute Gasteiger partial charge is 0.462 e. The Kier molecular flexibility index (Phi) is 4.85. The molecule has 0 aromatic carbocycles. The van der Waals surface area contributed by atoms with Crippen molar-refractivity contribution >= 4 is 23.8 Å². The predicted molar refractivity (Wildman–Crippen MR) is 61.7 cm³/mol. The summed E-state index contributed by atoms with van der Waals surface area (Å²) in [7, 11) is 0. The number of rotatable bonds is 4. The SMILES string of the molecule is CC(=O)N[C@H]1[C@@H](COC(C)=O)OC(=O)[C@@H]1NC(C)=O. The van der Waals surface area contributed by atoms with Gasteiger partial charge in [0.05, 0.1) is 0 Å². The van der Waals surface area contributed by atoms with Crippen molar-refractivity contribution in [1.29, 1.82) is 0 Å². The molecule has 0 aromatic heterocycles. The van der Waals surface area contributed by atoms with Crippen molar-refractivity contribution in [2.24, 2.45) is 0 Å². The molecule has 1 heterocycles. The van der Waals surface area contributed by atoms with Crippen molar-refractivity contribution in [3.05, 3.63) is 0 Å². The monoisotopic (exact) mass is 272 g/mol. The summed E-state index contributed by atoms with van der Waals surface area (Å²) in [5.74, 6) is -2.01. The third-order valence-electron chi connectivity index (χ3n) is 2.46. The summed E-state index contributed by atoms with van der Waals surface area (Å²) in [5.41, 5.74) is 0. The Morgan fingerprint density at radius 2 is 1.74 bits per heavy atom. The number of carbonyl (C=O) groups excluding carboxylic acids is 4. The van der Waals surface area contributed by atoms with Gasteiger partial charge in [-0.1, -0.05) is 0 Å². The van der Waals surface area contributed by atoms with Crippen LogP contribution in [-0.4, -0.2) is 48.5 Å². The van der Waals surface area contributed by atoms with Gasteiger partial charge in [-0.25, -0.2) is 4.79 Å². The Labute approximate surface area is 109 Å². The van der Waals surface area contributed by atoms with Crippen LogP contribution in [0.2, 0.25) is 0 Å². The van der Waals surface area contributed by atoms with E-state index in [9.17, 15) is 19.2 Å². The fourth-order valence-electron chi connectivity index (χ4n) is 1.77. The van der Waals surface area contributed by atoms with Crippen molar-refractivity contribution in [2.75, 3.05) is 6.61 Å². The number of amides is 2. The van der Waals surface area contributed by atoms with Crippen LogP contribution in [-0.2, 0) is 28.7 Å². The third kappa shape index (κ3) is 4.23. The summed E-state index contributed by atoms with van der Waals surface area (Å²) in [5, 5.41) is 4.91. The summed E-state index contributed by atoms with van der Waals surface area (Å²) >= 11 is 0. The maximum Gasteiger partial charge on any atom is 0.331 e. The van der Waals surface area contributed by atoms with Gasteiger partial charge in [0, 0.05) is 20.8 Å². The van der Waals surface area contributed by atoms with Gasteiger partial charge >= 0.3 is 11.9 Å². The van der Waals surface area contributed by atoms with E-state index < -0.39 is 36.0 Å². The zero-order chi connectivity index (χ0) is 14.6. The number of esters is 2. The molecule has 1 aliphatic heterocycles. The summed E-state index contributed by atoms with van der Waals surface area (Å²) in [6.07, 6.45) is -0.822. The lowest BCUT2D eigenvalue weighted by Gasteiger charge is -2.21. The van der Waals surface area contributed by atoms with Gasteiger partial charge in [-0.15, -0.1) is 0 Å². The molecule has 2 N–H and O–H groups in total. The van der Waals surface area contributed by atoms with Crippen LogP contribution in [0.5, 0.6) is 0 Å². The highest BCUT2D eigenvalue weighted by Crippen LogP contribution is 2.17. The smallest absolute Gasteiger partial charge is 0.331 e. The lowest BCUT2D eigenvalue weighted by Crippen LogP contribution is -2.54. The standard InChI is InChI=1S/C11H16N2O6/c1-5(14)12-9-8(4-18-7(3)16)19-11(17)10(9)13-6(2)15/h8-10H,4H2,1-3H3,(H,12,14)(H,13,15)/t8-,9+,10-/m1/s1. The molecule has 2 amide bonds. The predicted octanol–water partition coefficient (Wildman–Crippen LogP) is -1.52. The van der Waals surface area contributed by atoms with Crippen LogP contribution in [0.15, 0.2) is 0 Å². The Bertz CT molecular complexity index is 408. The second kappa shape index (κ2) is 6.17. The quantitative estimate of drug-likeness (QED) is 0.602. The Morgan fingerprint density at radius 1 is 1.16 bits per heavy atom. The maximum absolute atomic E-state index is 11.6. The van der Waals surface area contributed by atoms with E-state index in [0.717, 1.165) is 0 Å². The molecule has 19 heavy (non-hydrogen) atoms. The first kappa shape index (κ1) is 14.9.